The van der Waals surface area contributed by atoms with E-state index in [1.165, 1.54) is 19.3 Å². The fraction of sp³-hybridized carbons (Fsp3) is 0.613. The molecule has 0 rings (SSSR count). The summed E-state index contributed by atoms with van der Waals surface area (Å²) in [5.41, 5.74) is 0. The van der Waals surface area contributed by atoms with Gasteiger partial charge in [-0.3, -0.25) is 37.3 Å². The van der Waals surface area contributed by atoms with E-state index in [-0.39, 0.29) is 25.7 Å². The van der Waals surface area contributed by atoms with Crippen molar-refractivity contribution < 1.29 is 80.2 Å². The van der Waals surface area contributed by atoms with Crippen LogP contribution in [0.25, 0.3) is 0 Å². The Labute approximate surface area is 678 Å². The number of hydrogen-bond donors (Lipinski definition) is 3. The van der Waals surface area contributed by atoms with Crippen molar-refractivity contribution in [3.63, 3.8) is 0 Å². The summed E-state index contributed by atoms with van der Waals surface area (Å²) in [6.07, 6.45) is 103. The summed E-state index contributed by atoms with van der Waals surface area (Å²) < 4.78 is 68.7. The molecule has 5 atom stereocenters. The molecule has 112 heavy (non-hydrogen) atoms. The summed E-state index contributed by atoms with van der Waals surface area (Å²) in [4.78, 5) is 73.2. The Kier molecular flexibility index (Phi) is 78.4. The average Bonchev–Trinajstić information content (AvgIpc) is 0.907. The van der Waals surface area contributed by atoms with Gasteiger partial charge in [0.05, 0.1) is 32.8 Å². The minimum absolute atomic E-state index is 0.0649. The highest BCUT2D eigenvalue weighted by Crippen LogP contribution is 2.45. The largest absolute Gasteiger partial charge is 0.472 e. The maximum absolute atomic E-state index is 13.2. The van der Waals surface area contributed by atoms with E-state index in [1.807, 2.05) is 12.2 Å². The zero-order valence-electron chi connectivity index (χ0n) is 69.5. The van der Waals surface area contributed by atoms with E-state index in [0.717, 1.165) is 212 Å². The number of phosphoric acid groups is 2. The van der Waals surface area contributed by atoms with Gasteiger partial charge in [0.15, 0.2) is 12.2 Å². The second kappa shape index (κ2) is 82.9. The SMILES string of the molecule is CC/C=C\C/C=C\C/C=C\C/C=C\C/C=C\CC(=O)OC(COC(=O)CCCCCCCC/C=C\C/C=C\C/C=C\CCCCC)COP(=O)(O)OCC(O)COP(=O)(O)OCC(COC(=O)CCCCCCCC/C=C\C/C=C\C/C=C\C/C=C\CC)OC(=O)CCCCCCCC/C=C\C/C=C\C/C=C\C/C=C\CC. The Morgan fingerprint density at radius 1 is 0.268 bits per heavy atom. The van der Waals surface area contributed by atoms with Gasteiger partial charge in [0.1, 0.15) is 19.3 Å². The summed E-state index contributed by atoms with van der Waals surface area (Å²) in [6, 6.07) is 0. The summed E-state index contributed by atoms with van der Waals surface area (Å²) >= 11 is 0. The van der Waals surface area contributed by atoms with Crippen molar-refractivity contribution in [2.75, 3.05) is 39.6 Å². The van der Waals surface area contributed by atoms with Crippen LogP contribution in [-0.2, 0) is 65.4 Å². The molecule has 0 aromatic carbocycles. The fourth-order valence-electron chi connectivity index (χ4n) is 10.7. The van der Waals surface area contributed by atoms with E-state index in [0.29, 0.717) is 25.7 Å². The summed E-state index contributed by atoms with van der Waals surface area (Å²) in [5, 5.41) is 10.7. The molecular formula is C93H150O17P2. The van der Waals surface area contributed by atoms with Gasteiger partial charge < -0.3 is 33.8 Å². The van der Waals surface area contributed by atoms with Gasteiger partial charge in [-0.15, -0.1) is 0 Å². The highest BCUT2D eigenvalue weighted by Gasteiger charge is 2.30. The molecule has 17 nitrogen and oxygen atoms in total. The normalized spacial score (nSPS) is 14.7. The second-order valence-corrected chi connectivity index (χ2v) is 30.5. The lowest BCUT2D eigenvalue weighted by Crippen LogP contribution is -2.30. The quantitative estimate of drug-likeness (QED) is 0.0169. The number of hydrogen-bond acceptors (Lipinski definition) is 15. The molecule has 634 valence electrons. The molecule has 19 heteroatoms. The number of unbranched alkanes of at least 4 members (excludes halogenated alkanes) is 21. The number of phosphoric ester groups is 2. The highest BCUT2D eigenvalue weighted by atomic mass is 31.2. The number of ether oxygens (including phenoxy) is 4. The smallest absolute Gasteiger partial charge is 0.462 e. The van der Waals surface area contributed by atoms with Gasteiger partial charge in [-0.1, -0.05) is 312 Å². The molecule has 0 spiro atoms. The summed E-state index contributed by atoms with van der Waals surface area (Å²) in [7, 11) is -10.0. The third-order valence-electron chi connectivity index (χ3n) is 17.1. The molecule has 0 aliphatic rings. The van der Waals surface area contributed by atoms with E-state index in [1.54, 1.807) is 12.2 Å². The van der Waals surface area contributed by atoms with Crippen molar-refractivity contribution in [1.82, 2.24) is 0 Å². The van der Waals surface area contributed by atoms with Gasteiger partial charge in [0.2, 0.25) is 0 Å². The number of aliphatic hydroxyl groups is 1. The molecule has 0 saturated heterocycles. The number of carbonyl (C=O) groups excluding carboxylic acids is 4. The van der Waals surface area contributed by atoms with Crippen molar-refractivity contribution >= 4 is 39.5 Å². The molecule has 0 aliphatic heterocycles. The second-order valence-electron chi connectivity index (χ2n) is 27.6. The van der Waals surface area contributed by atoms with E-state index in [2.05, 4.69) is 198 Å². The van der Waals surface area contributed by atoms with Gasteiger partial charge in [0, 0.05) is 19.3 Å². The maximum Gasteiger partial charge on any atom is 0.472 e. The zero-order chi connectivity index (χ0) is 81.7. The van der Waals surface area contributed by atoms with Gasteiger partial charge in [0.25, 0.3) is 0 Å². The van der Waals surface area contributed by atoms with Gasteiger partial charge in [-0.2, -0.15) is 0 Å². The van der Waals surface area contributed by atoms with Crippen molar-refractivity contribution in [1.29, 1.82) is 0 Å². The Morgan fingerprint density at radius 3 is 0.795 bits per heavy atom. The number of esters is 4. The monoisotopic (exact) mass is 1600 g/mol. The van der Waals surface area contributed by atoms with Crippen LogP contribution in [0.4, 0.5) is 0 Å². The Balaban J connectivity index is 5.49. The molecule has 0 fully saturated rings. The molecule has 5 unspecified atom stereocenters. The van der Waals surface area contributed by atoms with Crippen molar-refractivity contribution in [3.05, 3.63) is 194 Å². The lowest BCUT2D eigenvalue weighted by molar-refractivity contribution is -0.161. The maximum atomic E-state index is 13.2. The van der Waals surface area contributed by atoms with Crippen LogP contribution < -0.4 is 0 Å². The molecule has 0 bridgehead atoms. The molecule has 0 saturated carbocycles. The molecular weight excluding hydrogens is 1450 g/mol. The predicted molar refractivity (Wildman–Crippen MR) is 463 cm³/mol. The summed E-state index contributed by atoms with van der Waals surface area (Å²) in [6.45, 7) is 4.35. The van der Waals surface area contributed by atoms with Crippen LogP contribution in [0.1, 0.15) is 310 Å². The Bertz CT molecular complexity index is 2890. The van der Waals surface area contributed by atoms with Crippen LogP contribution in [0.15, 0.2) is 194 Å². The molecule has 0 amide bonds. The lowest BCUT2D eigenvalue weighted by Gasteiger charge is -2.21. The van der Waals surface area contributed by atoms with Crippen LogP contribution in [0.5, 0.6) is 0 Å². The first-order valence-electron chi connectivity index (χ1n) is 42.7. The van der Waals surface area contributed by atoms with Crippen LogP contribution in [0, 0.1) is 0 Å². The Hall–Kier alpha value is -6.10. The molecule has 3 N–H and O–H groups in total. The number of carbonyl (C=O) groups is 4. The van der Waals surface area contributed by atoms with Crippen molar-refractivity contribution in [2.45, 2.75) is 329 Å². The first kappa shape index (κ1) is 106. The fourth-order valence-corrected chi connectivity index (χ4v) is 12.3. The first-order chi connectivity index (χ1) is 54.7. The van der Waals surface area contributed by atoms with Crippen molar-refractivity contribution in [2.24, 2.45) is 0 Å². The molecule has 0 heterocycles. The standard InChI is InChI=1S/C93H150O17P2/c1-5-9-13-17-21-25-29-33-37-40-43-46-50-53-57-61-65-69-73-77-90(95)103-83-88(109-92(97)79-75-71-67-63-59-55-49-36-32-28-24-20-16-12-8-4)85-107-111(99,100)105-81-87(94)82-106-112(101,102)108-86-89(110-93(98)80-76-72-68-64-60-56-52-48-45-42-39-35-31-27-23-19-15-11-7-3)84-104-91(96)78-74-70-66-62-58-54-51-47-44-41-38-34-30-26-22-18-14-10-6-2/h10-12,14-16,21-28,33-39,43-49,59,63,71,75,87-89,94H,5-9,13,17-20,29-32,40-42,50-58,60-62,64-70,72-74,76-86H2,1-4H3,(H,99,100)(H,101,102)/b14-10-,15-11-,16-12-,25-21-,26-22-,27-23-,28-24-,37-33-,38-34-,39-35-,46-43-,47-44-,48-45-,49-36-,63-59-,75-71-. The number of aliphatic hydroxyl groups excluding tert-OH is 1. The topological polar surface area (TPSA) is 237 Å². The van der Waals surface area contributed by atoms with Gasteiger partial charge in [-0.25, -0.2) is 9.13 Å². The minimum atomic E-state index is -5.02. The summed E-state index contributed by atoms with van der Waals surface area (Å²) in [5.74, 6) is -2.38. The van der Waals surface area contributed by atoms with E-state index >= 15 is 0 Å². The number of rotatable bonds is 78. The first-order valence-corrected chi connectivity index (χ1v) is 45.7. The van der Waals surface area contributed by atoms with E-state index in [9.17, 15) is 43.2 Å². The molecule has 0 aromatic heterocycles. The zero-order valence-corrected chi connectivity index (χ0v) is 71.3. The van der Waals surface area contributed by atoms with Crippen LogP contribution >= 0.6 is 15.6 Å². The van der Waals surface area contributed by atoms with Crippen LogP contribution in [-0.4, -0.2) is 96.7 Å². The van der Waals surface area contributed by atoms with E-state index < -0.39 is 97.5 Å². The van der Waals surface area contributed by atoms with Crippen LogP contribution in [0.2, 0.25) is 0 Å². The highest BCUT2D eigenvalue weighted by molar-refractivity contribution is 7.47. The van der Waals surface area contributed by atoms with E-state index in [4.69, 9.17) is 37.0 Å². The molecule has 0 aliphatic carbocycles. The molecule has 0 aromatic rings. The number of allylic oxidation sites excluding steroid dienone is 31. The lowest BCUT2D eigenvalue weighted by atomic mass is 10.1. The van der Waals surface area contributed by atoms with Crippen molar-refractivity contribution in [3.8, 4) is 0 Å². The Morgan fingerprint density at radius 2 is 0.500 bits per heavy atom. The van der Waals surface area contributed by atoms with Gasteiger partial charge in [-0.05, 0) is 167 Å². The third kappa shape index (κ3) is 81.9. The third-order valence-corrected chi connectivity index (χ3v) is 19.0. The molecule has 0 radical (unpaired) electrons. The van der Waals surface area contributed by atoms with Gasteiger partial charge >= 0.3 is 39.5 Å². The minimum Gasteiger partial charge on any atom is -0.462 e. The van der Waals surface area contributed by atoms with Crippen LogP contribution in [0.3, 0.4) is 0 Å². The predicted octanol–water partition coefficient (Wildman–Crippen LogP) is 25.7. The average molecular weight is 1600 g/mol.